The molecule has 1 saturated carbocycles. The molecule has 0 spiro atoms. The van der Waals surface area contributed by atoms with Crippen LogP contribution in [0.25, 0.3) is 0 Å². The Labute approximate surface area is 137 Å². The van der Waals surface area contributed by atoms with Crippen molar-refractivity contribution in [1.82, 2.24) is 0 Å². The molecule has 0 saturated heterocycles. The second-order valence-corrected chi connectivity index (χ2v) is 6.89. The van der Waals surface area contributed by atoms with E-state index in [9.17, 15) is 14.7 Å². The molecule has 0 unspecified atom stereocenters. The lowest BCUT2D eigenvalue weighted by Gasteiger charge is -2.24. The lowest BCUT2D eigenvalue weighted by Crippen LogP contribution is -2.30. The summed E-state index contributed by atoms with van der Waals surface area (Å²) < 4.78 is 15.7. The highest BCUT2D eigenvalue weighted by molar-refractivity contribution is 5.91. The van der Waals surface area contributed by atoms with Gasteiger partial charge >= 0.3 is 11.9 Å². The molecule has 0 amide bonds. The second-order valence-electron chi connectivity index (χ2n) is 6.89. The van der Waals surface area contributed by atoms with Crippen molar-refractivity contribution in [3.63, 3.8) is 0 Å². The summed E-state index contributed by atoms with van der Waals surface area (Å²) in [7, 11) is 1.56. The Balaban J connectivity index is 2.94. The van der Waals surface area contributed by atoms with Crippen LogP contribution in [0.1, 0.15) is 46.5 Å². The third kappa shape index (κ3) is 6.31. The number of carboxylic acids is 1. The smallest absolute Gasteiger partial charge is 0.336 e. The molecule has 23 heavy (non-hydrogen) atoms. The van der Waals surface area contributed by atoms with E-state index in [1.54, 1.807) is 34.0 Å². The number of ether oxygens (including phenoxy) is 3. The van der Waals surface area contributed by atoms with Crippen LogP contribution in [0.5, 0.6) is 0 Å². The third-order valence-corrected chi connectivity index (χ3v) is 3.72. The summed E-state index contributed by atoms with van der Waals surface area (Å²) in [5.74, 6) is -1.42. The summed E-state index contributed by atoms with van der Waals surface area (Å²) in [6.45, 7) is 6.08. The van der Waals surface area contributed by atoms with Crippen LogP contribution in [-0.2, 0) is 23.8 Å². The van der Waals surface area contributed by atoms with E-state index < -0.39 is 23.0 Å². The van der Waals surface area contributed by atoms with E-state index >= 15 is 0 Å². The minimum atomic E-state index is -0.989. The summed E-state index contributed by atoms with van der Waals surface area (Å²) in [6, 6.07) is 0. The summed E-state index contributed by atoms with van der Waals surface area (Å²) in [5.41, 5.74) is -1.37. The fraction of sp³-hybridized carbons (Fsp3) is 0.765. The van der Waals surface area contributed by atoms with Crippen LogP contribution < -0.4 is 0 Å². The Bertz CT molecular complexity index is 440. The van der Waals surface area contributed by atoms with Crippen LogP contribution in [-0.4, -0.2) is 49.6 Å². The summed E-state index contributed by atoms with van der Waals surface area (Å²) >= 11 is 0. The number of carbonyl (C=O) groups is 2. The van der Waals surface area contributed by atoms with Gasteiger partial charge < -0.3 is 19.3 Å². The van der Waals surface area contributed by atoms with Gasteiger partial charge in [0.15, 0.2) is 0 Å². The highest BCUT2D eigenvalue weighted by Gasteiger charge is 2.40. The SMILES string of the molecule is COCCOC/C(=C\C1(C(=O)O)CCCC1)C(=O)OC(C)(C)C. The van der Waals surface area contributed by atoms with Gasteiger partial charge in [-0.1, -0.05) is 18.9 Å². The topological polar surface area (TPSA) is 82.1 Å². The predicted molar refractivity (Wildman–Crippen MR) is 85.2 cm³/mol. The minimum Gasteiger partial charge on any atom is -0.481 e. The van der Waals surface area contributed by atoms with Gasteiger partial charge in [0.2, 0.25) is 0 Å². The Hall–Kier alpha value is -1.40. The van der Waals surface area contributed by atoms with E-state index in [1.165, 1.54) is 0 Å². The number of hydrogen-bond donors (Lipinski definition) is 1. The lowest BCUT2D eigenvalue weighted by molar-refractivity contribution is -0.150. The number of aliphatic carboxylic acids is 1. The molecule has 1 aliphatic rings. The van der Waals surface area contributed by atoms with E-state index in [2.05, 4.69) is 0 Å². The molecule has 0 aromatic carbocycles. The number of hydrogen-bond acceptors (Lipinski definition) is 5. The number of esters is 1. The number of carbonyl (C=O) groups excluding carboxylic acids is 1. The van der Waals surface area contributed by atoms with Crippen LogP contribution in [0.2, 0.25) is 0 Å². The molecule has 0 aliphatic heterocycles. The van der Waals surface area contributed by atoms with Gasteiger partial charge in [-0.2, -0.15) is 0 Å². The van der Waals surface area contributed by atoms with Gasteiger partial charge in [0.05, 0.1) is 30.8 Å². The van der Waals surface area contributed by atoms with E-state index in [0.717, 1.165) is 12.8 Å². The molecule has 6 heteroatoms. The molecule has 0 atom stereocenters. The van der Waals surface area contributed by atoms with Gasteiger partial charge in [0.25, 0.3) is 0 Å². The van der Waals surface area contributed by atoms with Crippen molar-refractivity contribution >= 4 is 11.9 Å². The third-order valence-electron chi connectivity index (χ3n) is 3.72. The average molecular weight is 328 g/mol. The molecule has 1 rings (SSSR count). The molecule has 0 bridgehead atoms. The van der Waals surface area contributed by atoms with Crippen LogP contribution >= 0.6 is 0 Å². The van der Waals surface area contributed by atoms with Crippen LogP contribution in [0.4, 0.5) is 0 Å². The molecule has 1 aliphatic carbocycles. The van der Waals surface area contributed by atoms with Crippen molar-refractivity contribution in [1.29, 1.82) is 0 Å². The minimum absolute atomic E-state index is 0.0211. The number of rotatable bonds is 8. The maximum Gasteiger partial charge on any atom is 0.336 e. The molecular weight excluding hydrogens is 300 g/mol. The first-order valence-electron chi connectivity index (χ1n) is 7.95. The van der Waals surface area contributed by atoms with Crippen molar-refractivity contribution in [2.45, 2.75) is 52.1 Å². The van der Waals surface area contributed by atoms with Gasteiger partial charge in [0, 0.05) is 7.11 Å². The molecule has 6 nitrogen and oxygen atoms in total. The van der Waals surface area contributed by atoms with E-state index in [4.69, 9.17) is 14.2 Å². The number of carboxylic acid groups (broad SMARTS) is 1. The molecule has 1 fully saturated rings. The first-order valence-corrected chi connectivity index (χ1v) is 7.95. The Morgan fingerprint density at radius 3 is 2.26 bits per heavy atom. The van der Waals surface area contributed by atoms with Crippen molar-refractivity contribution in [2.24, 2.45) is 5.41 Å². The molecule has 0 aromatic rings. The zero-order valence-corrected chi connectivity index (χ0v) is 14.5. The van der Waals surface area contributed by atoms with Gasteiger partial charge in [-0.05, 0) is 33.6 Å². The second kappa shape index (κ2) is 8.45. The van der Waals surface area contributed by atoms with Crippen molar-refractivity contribution < 1.29 is 28.9 Å². The molecular formula is C17H28O6. The van der Waals surface area contributed by atoms with Gasteiger partial charge in [-0.25, -0.2) is 4.79 Å². The zero-order valence-electron chi connectivity index (χ0n) is 14.5. The lowest BCUT2D eigenvalue weighted by atomic mass is 9.84. The predicted octanol–water partition coefficient (Wildman–Crippen LogP) is 2.56. The monoisotopic (exact) mass is 328 g/mol. The fourth-order valence-electron chi connectivity index (χ4n) is 2.59. The Kier molecular flexibility index (Phi) is 7.22. The van der Waals surface area contributed by atoms with Crippen molar-refractivity contribution in [2.75, 3.05) is 26.9 Å². The average Bonchev–Trinajstić information content (AvgIpc) is 2.90. The highest BCUT2D eigenvalue weighted by Crippen LogP contribution is 2.40. The Morgan fingerprint density at radius 1 is 1.17 bits per heavy atom. The van der Waals surface area contributed by atoms with E-state index in [-0.39, 0.29) is 12.2 Å². The highest BCUT2D eigenvalue weighted by atomic mass is 16.6. The van der Waals surface area contributed by atoms with Crippen LogP contribution in [0, 0.1) is 5.41 Å². The maximum atomic E-state index is 12.4. The summed E-state index contributed by atoms with van der Waals surface area (Å²) in [6.07, 6.45) is 4.30. The van der Waals surface area contributed by atoms with Crippen molar-refractivity contribution in [3.8, 4) is 0 Å². The first-order chi connectivity index (χ1) is 10.7. The maximum absolute atomic E-state index is 12.4. The van der Waals surface area contributed by atoms with Gasteiger partial charge in [-0.15, -0.1) is 0 Å². The fourth-order valence-corrected chi connectivity index (χ4v) is 2.59. The summed E-state index contributed by atoms with van der Waals surface area (Å²) in [5, 5.41) is 9.58. The standard InChI is InChI=1S/C17H28O6/c1-16(2,3)23-14(18)13(12-22-10-9-21-4)11-17(15(19)20)7-5-6-8-17/h11H,5-10,12H2,1-4H3,(H,19,20)/b13-11+. The quantitative estimate of drug-likeness (QED) is 0.419. The van der Waals surface area contributed by atoms with Crippen molar-refractivity contribution in [3.05, 3.63) is 11.6 Å². The number of methoxy groups -OCH3 is 1. The van der Waals surface area contributed by atoms with Crippen LogP contribution in [0.15, 0.2) is 11.6 Å². The molecule has 0 radical (unpaired) electrons. The normalized spacial score (nSPS) is 18.0. The van der Waals surface area contributed by atoms with E-state index in [0.29, 0.717) is 26.1 Å². The van der Waals surface area contributed by atoms with E-state index in [1.807, 2.05) is 0 Å². The molecule has 0 aromatic heterocycles. The summed E-state index contributed by atoms with van der Waals surface area (Å²) in [4.78, 5) is 24.1. The Morgan fingerprint density at radius 2 is 1.78 bits per heavy atom. The largest absolute Gasteiger partial charge is 0.481 e. The zero-order chi connectivity index (χ0) is 17.5. The van der Waals surface area contributed by atoms with Gasteiger partial charge in [0.1, 0.15) is 5.60 Å². The molecule has 1 N–H and O–H groups in total. The first kappa shape index (κ1) is 19.6. The van der Waals surface area contributed by atoms with Gasteiger partial charge in [-0.3, -0.25) is 4.79 Å². The van der Waals surface area contributed by atoms with Crippen LogP contribution in [0.3, 0.4) is 0 Å². The molecule has 132 valence electrons. The molecule has 0 heterocycles.